The van der Waals surface area contributed by atoms with Crippen LogP contribution in [-0.4, -0.2) is 67.3 Å². The number of hydrogen-bond donors (Lipinski definition) is 2. The molecule has 0 aliphatic carbocycles. The molecular weight excluding hydrogens is 166 g/mol. The third-order valence-corrected chi connectivity index (χ3v) is 2.56. The predicted molar refractivity (Wildman–Crippen MR) is 53.6 cm³/mol. The maximum Gasteiger partial charge on any atom is 0.0679 e. The number of β-amino-alcohol motifs (C(OH)–C–C–N with tert-alkyl or cyclic N) is 1. The van der Waals surface area contributed by atoms with Crippen molar-refractivity contribution < 1.29 is 5.11 Å². The summed E-state index contributed by atoms with van der Waals surface area (Å²) in [4.78, 5) is 4.62. The molecule has 4 heteroatoms. The minimum atomic E-state index is -0.242. The summed E-state index contributed by atoms with van der Waals surface area (Å²) in [7, 11) is 2.13. The molecular formula is C9H21N3O. The maximum atomic E-state index is 9.53. The van der Waals surface area contributed by atoms with Crippen LogP contribution in [0.3, 0.4) is 0 Å². The highest BCUT2D eigenvalue weighted by Gasteiger charge is 2.16. The zero-order valence-electron chi connectivity index (χ0n) is 8.45. The predicted octanol–water partition coefficient (Wildman–Crippen LogP) is -1.06. The van der Waals surface area contributed by atoms with Crippen LogP contribution < -0.4 is 5.73 Å². The van der Waals surface area contributed by atoms with Crippen molar-refractivity contribution in [2.24, 2.45) is 5.73 Å². The first kappa shape index (κ1) is 10.9. The van der Waals surface area contributed by atoms with Crippen molar-refractivity contribution in [3.63, 3.8) is 0 Å². The molecule has 0 aromatic carbocycles. The van der Waals surface area contributed by atoms with Crippen LogP contribution >= 0.6 is 0 Å². The molecule has 0 bridgehead atoms. The van der Waals surface area contributed by atoms with E-state index in [0.29, 0.717) is 13.0 Å². The summed E-state index contributed by atoms with van der Waals surface area (Å²) < 4.78 is 0. The fourth-order valence-electron chi connectivity index (χ4n) is 1.61. The Morgan fingerprint density at radius 2 is 1.92 bits per heavy atom. The second-order valence-corrected chi connectivity index (χ2v) is 3.84. The van der Waals surface area contributed by atoms with Crippen molar-refractivity contribution in [3.8, 4) is 0 Å². The molecule has 3 N–H and O–H groups in total. The molecule has 0 saturated carbocycles. The van der Waals surface area contributed by atoms with Crippen molar-refractivity contribution in [1.82, 2.24) is 9.80 Å². The Bertz CT molecular complexity index is 135. The summed E-state index contributed by atoms with van der Waals surface area (Å²) in [6, 6.07) is 0. The molecule has 1 atom stereocenters. The van der Waals surface area contributed by atoms with Gasteiger partial charge in [0.25, 0.3) is 0 Å². The Morgan fingerprint density at radius 1 is 1.31 bits per heavy atom. The van der Waals surface area contributed by atoms with E-state index in [9.17, 15) is 5.11 Å². The van der Waals surface area contributed by atoms with Crippen molar-refractivity contribution in [2.75, 3.05) is 46.3 Å². The number of aliphatic hydroxyl groups excluding tert-OH is 1. The Morgan fingerprint density at radius 3 is 2.46 bits per heavy atom. The second kappa shape index (κ2) is 5.54. The number of likely N-dealkylation sites (N-methyl/N-ethyl adjacent to an activating group) is 1. The van der Waals surface area contributed by atoms with E-state index in [0.717, 1.165) is 32.7 Å². The van der Waals surface area contributed by atoms with Crippen molar-refractivity contribution >= 4 is 0 Å². The van der Waals surface area contributed by atoms with Crippen LogP contribution in [0.4, 0.5) is 0 Å². The molecule has 4 nitrogen and oxygen atoms in total. The maximum absolute atomic E-state index is 9.53. The van der Waals surface area contributed by atoms with E-state index in [1.165, 1.54) is 0 Å². The summed E-state index contributed by atoms with van der Waals surface area (Å²) in [6.07, 6.45) is 0.472. The largest absolute Gasteiger partial charge is 0.392 e. The molecule has 0 aromatic rings. The first-order valence-corrected chi connectivity index (χ1v) is 5.01. The van der Waals surface area contributed by atoms with Crippen LogP contribution in [0.25, 0.3) is 0 Å². The van der Waals surface area contributed by atoms with E-state index in [1.54, 1.807) is 0 Å². The molecule has 1 unspecified atom stereocenters. The Hall–Kier alpha value is -0.160. The molecule has 0 spiro atoms. The summed E-state index contributed by atoms with van der Waals surface area (Å²) in [6.45, 7) is 5.71. The standard InChI is InChI=1S/C9H21N3O/c1-11-4-6-12(7-5-11)8-9(13)2-3-10/h9,13H,2-8,10H2,1H3. The van der Waals surface area contributed by atoms with Gasteiger partial charge in [-0.2, -0.15) is 0 Å². The van der Waals surface area contributed by atoms with Crippen LogP contribution in [0.15, 0.2) is 0 Å². The summed E-state index contributed by atoms with van der Waals surface area (Å²) >= 11 is 0. The van der Waals surface area contributed by atoms with E-state index in [4.69, 9.17) is 5.73 Å². The van der Waals surface area contributed by atoms with Gasteiger partial charge in [-0.3, -0.25) is 4.90 Å². The fraction of sp³-hybridized carbons (Fsp3) is 1.00. The smallest absolute Gasteiger partial charge is 0.0679 e. The van der Waals surface area contributed by atoms with Crippen LogP contribution in [-0.2, 0) is 0 Å². The summed E-state index contributed by atoms with van der Waals surface area (Å²) in [5.74, 6) is 0. The van der Waals surface area contributed by atoms with E-state index < -0.39 is 0 Å². The highest BCUT2D eigenvalue weighted by atomic mass is 16.3. The topological polar surface area (TPSA) is 52.7 Å². The van der Waals surface area contributed by atoms with Gasteiger partial charge in [-0.15, -0.1) is 0 Å². The van der Waals surface area contributed by atoms with Gasteiger partial charge in [-0.1, -0.05) is 0 Å². The molecule has 1 fully saturated rings. The average molecular weight is 187 g/mol. The monoisotopic (exact) mass is 187 g/mol. The molecule has 1 aliphatic heterocycles. The van der Waals surface area contributed by atoms with E-state index in [1.807, 2.05) is 0 Å². The molecule has 1 saturated heterocycles. The van der Waals surface area contributed by atoms with Crippen molar-refractivity contribution in [1.29, 1.82) is 0 Å². The van der Waals surface area contributed by atoms with Gasteiger partial charge in [-0.05, 0) is 20.0 Å². The number of hydrogen-bond acceptors (Lipinski definition) is 4. The second-order valence-electron chi connectivity index (χ2n) is 3.84. The van der Waals surface area contributed by atoms with Gasteiger partial charge in [0.1, 0.15) is 0 Å². The van der Waals surface area contributed by atoms with Gasteiger partial charge in [-0.25, -0.2) is 0 Å². The van der Waals surface area contributed by atoms with Gasteiger partial charge in [0.2, 0.25) is 0 Å². The van der Waals surface area contributed by atoms with Crippen molar-refractivity contribution in [2.45, 2.75) is 12.5 Å². The van der Waals surface area contributed by atoms with E-state index >= 15 is 0 Å². The summed E-state index contributed by atoms with van der Waals surface area (Å²) in [5.41, 5.74) is 5.37. The summed E-state index contributed by atoms with van der Waals surface area (Å²) in [5, 5.41) is 9.53. The van der Waals surface area contributed by atoms with Crippen LogP contribution in [0.2, 0.25) is 0 Å². The number of aliphatic hydroxyl groups is 1. The van der Waals surface area contributed by atoms with E-state index in [-0.39, 0.29) is 6.10 Å². The number of piperazine rings is 1. The minimum absolute atomic E-state index is 0.242. The van der Waals surface area contributed by atoms with Crippen LogP contribution in [0, 0.1) is 0 Å². The SMILES string of the molecule is CN1CCN(CC(O)CCN)CC1. The molecule has 13 heavy (non-hydrogen) atoms. The minimum Gasteiger partial charge on any atom is -0.392 e. The zero-order valence-corrected chi connectivity index (χ0v) is 8.45. The Kier molecular flexibility index (Phi) is 4.66. The molecule has 0 radical (unpaired) electrons. The number of nitrogens with zero attached hydrogens (tertiary/aromatic N) is 2. The lowest BCUT2D eigenvalue weighted by molar-refractivity contribution is 0.0773. The fourth-order valence-corrected chi connectivity index (χ4v) is 1.61. The molecule has 1 rings (SSSR count). The first-order chi connectivity index (χ1) is 6.22. The lowest BCUT2D eigenvalue weighted by Crippen LogP contribution is -2.47. The zero-order chi connectivity index (χ0) is 9.68. The number of nitrogens with two attached hydrogens (primary N) is 1. The lowest BCUT2D eigenvalue weighted by Gasteiger charge is -2.33. The lowest BCUT2D eigenvalue weighted by atomic mass is 10.2. The first-order valence-electron chi connectivity index (χ1n) is 5.01. The highest BCUT2D eigenvalue weighted by Crippen LogP contribution is 2.01. The van der Waals surface area contributed by atoms with Gasteiger partial charge in [0.15, 0.2) is 0 Å². The van der Waals surface area contributed by atoms with Crippen LogP contribution in [0.5, 0.6) is 0 Å². The van der Waals surface area contributed by atoms with E-state index in [2.05, 4.69) is 16.8 Å². The molecule has 78 valence electrons. The quantitative estimate of drug-likeness (QED) is 0.589. The van der Waals surface area contributed by atoms with Crippen molar-refractivity contribution in [3.05, 3.63) is 0 Å². The molecule has 0 amide bonds. The number of rotatable bonds is 4. The Balaban J connectivity index is 2.14. The van der Waals surface area contributed by atoms with Gasteiger partial charge >= 0.3 is 0 Å². The van der Waals surface area contributed by atoms with Gasteiger partial charge in [0.05, 0.1) is 6.10 Å². The van der Waals surface area contributed by atoms with Gasteiger partial charge < -0.3 is 15.7 Å². The highest BCUT2D eigenvalue weighted by molar-refractivity contribution is 4.72. The third-order valence-electron chi connectivity index (χ3n) is 2.56. The average Bonchev–Trinajstić information content (AvgIpc) is 2.09. The third kappa shape index (κ3) is 4.04. The molecule has 0 aromatic heterocycles. The normalized spacial score (nSPS) is 23.3. The molecule has 1 aliphatic rings. The molecule has 1 heterocycles. The van der Waals surface area contributed by atoms with Gasteiger partial charge in [0, 0.05) is 32.7 Å². The van der Waals surface area contributed by atoms with Crippen LogP contribution in [0.1, 0.15) is 6.42 Å². The Labute approximate surface area is 80.3 Å².